The van der Waals surface area contributed by atoms with Gasteiger partial charge in [0.25, 0.3) is 0 Å². The maximum absolute atomic E-state index is 5.91. The number of nitrogens with one attached hydrogen (secondary N) is 1. The molecule has 0 aliphatic rings. The molecule has 0 amide bonds. The van der Waals surface area contributed by atoms with Crippen molar-refractivity contribution in [2.45, 2.75) is 13.0 Å². The lowest BCUT2D eigenvalue weighted by molar-refractivity contribution is 0.891. The maximum atomic E-state index is 5.91. The van der Waals surface area contributed by atoms with E-state index in [0.29, 0.717) is 0 Å². The quantitative estimate of drug-likeness (QED) is 0.723. The Morgan fingerprint density at radius 3 is 2.63 bits per heavy atom. The van der Waals surface area contributed by atoms with Crippen LogP contribution < -0.4 is 5.32 Å². The Morgan fingerprint density at radius 2 is 1.84 bits per heavy atom. The lowest BCUT2D eigenvalue weighted by Crippen LogP contribution is -2.05. The maximum Gasteiger partial charge on any atom is 0.117 e. The first-order chi connectivity index (χ1) is 9.24. The van der Waals surface area contributed by atoms with Gasteiger partial charge in [-0.05, 0) is 48.3 Å². The van der Waals surface area contributed by atoms with Crippen LogP contribution in [0.3, 0.4) is 0 Å². The highest BCUT2D eigenvalue weighted by Crippen LogP contribution is 2.30. The van der Waals surface area contributed by atoms with E-state index in [2.05, 4.69) is 22.7 Å². The van der Waals surface area contributed by atoms with Crippen molar-refractivity contribution in [1.82, 2.24) is 4.37 Å². The zero-order valence-corrected chi connectivity index (χ0v) is 12.0. The summed E-state index contributed by atoms with van der Waals surface area (Å²) in [6, 6.07) is 16.3. The summed E-state index contributed by atoms with van der Waals surface area (Å²) in [7, 11) is 0. The van der Waals surface area contributed by atoms with Gasteiger partial charge in [0.1, 0.15) is 5.00 Å². The fraction of sp³-hybridized carbons (Fsp3) is 0.133. The number of halogens is 1. The molecule has 1 N–H and O–H groups in total. The first-order valence-electron chi connectivity index (χ1n) is 6.10. The molecule has 0 aliphatic heterocycles. The summed E-state index contributed by atoms with van der Waals surface area (Å²) in [5, 5.41) is 6.56. The second-order valence-corrected chi connectivity index (χ2v) is 5.66. The van der Waals surface area contributed by atoms with Gasteiger partial charge in [-0.3, -0.25) is 0 Å². The molecule has 0 spiro atoms. The molecular weight excluding hydrogens is 276 g/mol. The fourth-order valence-electron chi connectivity index (χ4n) is 2.02. The molecule has 0 fully saturated rings. The third-order valence-corrected chi connectivity index (χ3v) is 4.16. The van der Waals surface area contributed by atoms with Crippen LogP contribution in [0.15, 0.2) is 48.5 Å². The number of fused-ring (bicyclic) bond motifs is 1. The van der Waals surface area contributed by atoms with Gasteiger partial charge in [0.2, 0.25) is 0 Å². The largest absolute Gasteiger partial charge is 0.369 e. The molecule has 0 saturated carbocycles. The summed E-state index contributed by atoms with van der Waals surface area (Å²) in [5.41, 5.74) is 2.25. The van der Waals surface area contributed by atoms with Gasteiger partial charge in [-0.15, -0.1) is 0 Å². The molecule has 1 heterocycles. The second-order valence-electron chi connectivity index (χ2n) is 4.45. The highest BCUT2D eigenvalue weighted by Gasteiger charge is 2.10. The van der Waals surface area contributed by atoms with Gasteiger partial charge < -0.3 is 5.32 Å². The average Bonchev–Trinajstić information content (AvgIpc) is 2.83. The fourth-order valence-corrected chi connectivity index (χ4v) is 3.00. The molecule has 1 aromatic heterocycles. The number of hydrogen-bond donors (Lipinski definition) is 1. The van der Waals surface area contributed by atoms with Crippen molar-refractivity contribution >= 4 is 39.0 Å². The minimum Gasteiger partial charge on any atom is -0.369 e. The van der Waals surface area contributed by atoms with E-state index in [1.165, 1.54) is 22.5 Å². The van der Waals surface area contributed by atoms with Crippen LogP contribution in [0.1, 0.15) is 18.5 Å². The second kappa shape index (κ2) is 5.19. The van der Waals surface area contributed by atoms with Crippen LogP contribution in [0.2, 0.25) is 5.02 Å². The minimum atomic E-state index is 0.223. The molecule has 96 valence electrons. The molecule has 0 radical (unpaired) electrons. The molecule has 0 saturated heterocycles. The summed E-state index contributed by atoms with van der Waals surface area (Å²) in [6.07, 6.45) is 0. The summed E-state index contributed by atoms with van der Waals surface area (Å²) in [5.74, 6) is 0. The molecule has 0 aliphatic carbocycles. The molecule has 1 atom stereocenters. The average molecular weight is 289 g/mol. The Bertz CT molecular complexity index is 691. The SMILES string of the molecule is CC(Nc1snc2ccccc12)c1ccc(Cl)cc1. The number of benzene rings is 2. The zero-order chi connectivity index (χ0) is 13.2. The van der Waals surface area contributed by atoms with Crippen LogP contribution >= 0.6 is 23.1 Å². The van der Waals surface area contributed by atoms with Crippen LogP contribution in [0.25, 0.3) is 10.9 Å². The van der Waals surface area contributed by atoms with Crippen LogP contribution in [0.4, 0.5) is 5.00 Å². The van der Waals surface area contributed by atoms with Crippen molar-refractivity contribution in [3.63, 3.8) is 0 Å². The van der Waals surface area contributed by atoms with Gasteiger partial charge >= 0.3 is 0 Å². The van der Waals surface area contributed by atoms with E-state index in [4.69, 9.17) is 11.6 Å². The van der Waals surface area contributed by atoms with E-state index in [1.807, 2.05) is 42.5 Å². The number of nitrogens with zero attached hydrogens (tertiary/aromatic N) is 1. The first kappa shape index (κ1) is 12.5. The molecule has 0 bridgehead atoms. The predicted molar refractivity (Wildman–Crippen MR) is 83.1 cm³/mol. The van der Waals surface area contributed by atoms with Crippen molar-refractivity contribution in [3.05, 3.63) is 59.1 Å². The standard InChI is InChI=1S/C15H13ClN2S/c1-10(11-6-8-12(16)9-7-11)17-15-13-4-2-3-5-14(13)18-19-15/h2-10,17H,1H3. The van der Waals surface area contributed by atoms with E-state index in [-0.39, 0.29) is 6.04 Å². The van der Waals surface area contributed by atoms with Crippen molar-refractivity contribution in [3.8, 4) is 0 Å². The Labute approximate surface area is 121 Å². The van der Waals surface area contributed by atoms with Crippen LogP contribution in [-0.2, 0) is 0 Å². The number of aromatic nitrogens is 1. The van der Waals surface area contributed by atoms with Crippen molar-refractivity contribution < 1.29 is 0 Å². The molecular formula is C15H13ClN2S. The first-order valence-corrected chi connectivity index (χ1v) is 7.25. The summed E-state index contributed by atoms with van der Waals surface area (Å²) in [6.45, 7) is 2.14. The molecule has 3 aromatic rings. The number of hydrogen-bond acceptors (Lipinski definition) is 3. The zero-order valence-electron chi connectivity index (χ0n) is 10.4. The van der Waals surface area contributed by atoms with E-state index >= 15 is 0 Å². The van der Waals surface area contributed by atoms with Crippen LogP contribution in [0, 0.1) is 0 Å². The predicted octanol–water partition coefficient (Wildman–Crippen LogP) is 5.12. The number of rotatable bonds is 3. The Balaban J connectivity index is 1.86. The Kier molecular flexibility index (Phi) is 3.40. The van der Waals surface area contributed by atoms with Gasteiger partial charge in [0.05, 0.1) is 5.52 Å². The number of anilines is 1. The Hall–Kier alpha value is -1.58. The van der Waals surface area contributed by atoms with E-state index in [9.17, 15) is 0 Å². The highest BCUT2D eigenvalue weighted by atomic mass is 35.5. The smallest absolute Gasteiger partial charge is 0.117 e. The van der Waals surface area contributed by atoms with Gasteiger partial charge in [0.15, 0.2) is 0 Å². The van der Waals surface area contributed by atoms with Gasteiger partial charge in [-0.1, -0.05) is 35.9 Å². The molecule has 3 rings (SSSR count). The van der Waals surface area contributed by atoms with Crippen molar-refractivity contribution in [2.24, 2.45) is 0 Å². The van der Waals surface area contributed by atoms with Crippen LogP contribution in [0.5, 0.6) is 0 Å². The topological polar surface area (TPSA) is 24.9 Å². The van der Waals surface area contributed by atoms with Crippen molar-refractivity contribution in [1.29, 1.82) is 0 Å². The van der Waals surface area contributed by atoms with Crippen molar-refractivity contribution in [2.75, 3.05) is 5.32 Å². The third-order valence-electron chi connectivity index (χ3n) is 3.10. The van der Waals surface area contributed by atoms with Gasteiger partial charge in [-0.25, -0.2) is 0 Å². The summed E-state index contributed by atoms with van der Waals surface area (Å²) >= 11 is 7.41. The van der Waals surface area contributed by atoms with Gasteiger partial charge in [0, 0.05) is 16.5 Å². The molecule has 4 heteroatoms. The monoisotopic (exact) mass is 288 g/mol. The molecule has 2 nitrogen and oxygen atoms in total. The summed E-state index contributed by atoms with van der Waals surface area (Å²) in [4.78, 5) is 0. The molecule has 1 unspecified atom stereocenters. The van der Waals surface area contributed by atoms with E-state index in [1.54, 1.807) is 0 Å². The molecule has 2 aromatic carbocycles. The van der Waals surface area contributed by atoms with E-state index < -0.39 is 0 Å². The molecule has 19 heavy (non-hydrogen) atoms. The highest BCUT2D eigenvalue weighted by molar-refractivity contribution is 7.11. The summed E-state index contributed by atoms with van der Waals surface area (Å²) < 4.78 is 4.44. The van der Waals surface area contributed by atoms with Crippen LogP contribution in [-0.4, -0.2) is 4.37 Å². The van der Waals surface area contributed by atoms with E-state index in [0.717, 1.165) is 15.5 Å². The lowest BCUT2D eigenvalue weighted by atomic mass is 10.1. The van der Waals surface area contributed by atoms with Gasteiger partial charge in [-0.2, -0.15) is 4.37 Å². The third kappa shape index (κ3) is 2.57. The lowest BCUT2D eigenvalue weighted by Gasteiger charge is -2.14. The Morgan fingerprint density at radius 1 is 1.11 bits per heavy atom. The normalized spacial score (nSPS) is 12.5. The minimum absolute atomic E-state index is 0.223.